The molecule has 22 nitrogen and oxygen atoms in total. The maximum Gasteiger partial charge on any atom is 0.228 e. The highest BCUT2D eigenvalue weighted by molar-refractivity contribution is 7.98. The molecule has 0 spiro atoms. The lowest BCUT2D eigenvalue weighted by Crippen LogP contribution is -2.51. The van der Waals surface area contributed by atoms with Crippen molar-refractivity contribution >= 4 is 70.8 Å². The van der Waals surface area contributed by atoms with Crippen molar-refractivity contribution in [1.82, 2.24) is 51.9 Å². The molecule has 6 rings (SSSR count). The molecular weight excluding hydrogens is 1600 g/mol. The Kier molecular flexibility index (Phi) is 60.2. The highest BCUT2D eigenvalue weighted by atomic mass is 32.2. The SMILES string of the molecule is CC(C)(C)C(=O)N1CCCCC1.CC(C)(C)C(=O)NC1CCCC1.CC(C)(C)C(=O)NCc1ccccc1.CC(C)CC(=O)NCCNC(=O)C(C)(C)C.CC(C)N(C(=O)C(C)(C)C)C1CCCCC1.CC(C)N(C(=O)C(C)(C)C)C1CCOCC1.CCC(NC(=O)C(C)(C)C)C(C)C.CCCNC(=O)C(C)(C)C.CSCC(NC(=O)C(C)(C)C)C1CCCOC1. The first-order valence-electron chi connectivity index (χ1n) is 48.3. The number of amides is 10. The van der Waals surface area contributed by atoms with Crippen molar-refractivity contribution in [3.63, 3.8) is 0 Å². The van der Waals surface area contributed by atoms with Crippen LogP contribution in [0.5, 0.6) is 0 Å². The van der Waals surface area contributed by atoms with E-state index >= 15 is 0 Å². The van der Waals surface area contributed by atoms with Crippen LogP contribution < -0.4 is 37.2 Å². The lowest BCUT2D eigenvalue weighted by atomic mass is 9.88. The zero-order valence-electron chi connectivity index (χ0n) is 88.0. The van der Waals surface area contributed by atoms with Gasteiger partial charge in [0.1, 0.15) is 0 Å². The van der Waals surface area contributed by atoms with Crippen LogP contribution in [-0.2, 0) is 64.0 Å². The first-order valence-corrected chi connectivity index (χ1v) is 49.7. The number of benzene rings is 1. The van der Waals surface area contributed by atoms with Gasteiger partial charge < -0.3 is 61.4 Å². The number of likely N-dealkylation sites (tertiary alicyclic amines) is 1. The molecule has 3 aliphatic heterocycles. The Hall–Kier alpha value is -5.81. The minimum absolute atomic E-state index is 0.00519. The van der Waals surface area contributed by atoms with Gasteiger partial charge in [-0.25, -0.2) is 0 Å². The van der Waals surface area contributed by atoms with Crippen LogP contribution in [0.1, 0.15) is 384 Å². The average Bonchev–Trinajstić information content (AvgIpc) is 0.937. The van der Waals surface area contributed by atoms with Gasteiger partial charge in [-0.3, -0.25) is 47.9 Å². The van der Waals surface area contributed by atoms with E-state index in [4.69, 9.17) is 9.47 Å². The number of carbonyl (C=O) groups excluding carboxylic acids is 10. The summed E-state index contributed by atoms with van der Waals surface area (Å²) >= 11 is 1.79. The second-order valence-corrected chi connectivity index (χ2v) is 46.6. The van der Waals surface area contributed by atoms with E-state index in [2.05, 4.69) is 102 Å². The smallest absolute Gasteiger partial charge is 0.228 e. The molecule has 23 heteroatoms. The topological polar surface area (TPSA) is 283 Å². The molecule has 1 aromatic rings. The molecule has 3 atom stereocenters. The molecule has 2 aliphatic carbocycles. The number of thioether (sulfide) groups is 1. The van der Waals surface area contributed by atoms with Gasteiger partial charge in [0.25, 0.3) is 0 Å². The van der Waals surface area contributed by atoms with Crippen LogP contribution in [0, 0.1) is 66.5 Å². The Morgan fingerprint density at radius 2 is 0.833 bits per heavy atom. The van der Waals surface area contributed by atoms with E-state index in [0.29, 0.717) is 85.8 Å². The van der Waals surface area contributed by atoms with E-state index in [0.717, 1.165) is 95.9 Å². The van der Waals surface area contributed by atoms with Crippen LogP contribution in [0.25, 0.3) is 0 Å². The lowest BCUT2D eigenvalue weighted by Gasteiger charge is -2.40. The van der Waals surface area contributed by atoms with Gasteiger partial charge in [0.2, 0.25) is 59.1 Å². The molecule has 0 radical (unpaired) electrons. The van der Waals surface area contributed by atoms with E-state index < -0.39 is 0 Å². The molecule has 3 unspecified atom stereocenters. The van der Waals surface area contributed by atoms with E-state index in [-0.39, 0.29) is 108 Å². The molecule has 10 amide bonds. The Morgan fingerprint density at radius 1 is 0.429 bits per heavy atom. The maximum atomic E-state index is 12.4. The van der Waals surface area contributed by atoms with Crippen LogP contribution >= 0.6 is 11.8 Å². The molecule has 5 fully saturated rings. The quantitative estimate of drug-likeness (QED) is 0.0565. The second-order valence-electron chi connectivity index (χ2n) is 45.7. The molecule has 736 valence electrons. The standard InChI is InChI=1S/C14H27NO.C13H25NO2S.C13H25NO2.C12H24N2O2.C12H17NO.C11H23NO.2C10H19NO.C8H17NO/c1-11(2)15(13(16)14(3,4)5)12-9-7-6-8-10-12;1-13(2,3)12(15)14-11(9-17-4)10-6-5-7-16-8-10;1-10(2)14(12(15)13(3,4)5)11-6-8-16-9-7-11;1-9(2)8-10(15)13-6-7-14-11(16)12(3,4)5;1-12(2,3)11(14)13-9-10-7-5-4-6-8-10;1-7-9(8(2)3)12-10(13)11(4,5)6;1-10(2,3)9(12)11-7-5-4-6-8-11;1-10(2,3)9(12)11-8-6-4-5-7-8;1-5-6-9-7(10)8(2,3)4/h11-12H,6-10H2,1-5H3;10-11H,5-9H2,1-4H3,(H,14,15);10-11H,6-9H2,1-5H3;9H,6-8H2,1-5H3,(H,13,15)(H,14,16);4-8H,9H2,1-3H3,(H,13,14);8-9H,7H2,1-6H3,(H,12,13);4-8H2,1-3H3;8H,4-7H2,1-3H3,(H,11,12);5-6H2,1-4H3,(H,9,10). The molecular formula is C103H196N10O12S. The summed E-state index contributed by atoms with van der Waals surface area (Å²) in [5.74, 6) is 3.94. The zero-order valence-corrected chi connectivity index (χ0v) is 88.8. The van der Waals surface area contributed by atoms with Gasteiger partial charge in [-0.1, -0.05) is 291 Å². The van der Waals surface area contributed by atoms with Gasteiger partial charge >= 0.3 is 0 Å². The molecule has 0 aromatic heterocycles. The molecule has 0 bridgehead atoms. The zero-order chi connectivity index (χ0) is 98.2. The summed E-state index contributed by atoms with van der Waals surface area (Å²) in [4.78, 5) is 123. The first kappa shape index (κ1) is 124. The third-order valence-electron chi connectivity index (χ3n) is 21.6. The number of hydrogen-bond acceptors (Lipinski definition) is 13. The summed E-state index contributed by atoms with van der Waals surface area (Å²) in [6.45, 7) is 81.0. The van der Waals surface area contributed by atoms with E-state index in [9.17, 15) is 47.9 Å². The van der Waals surface area contributed by atoms with Gasteiger partial charge in [-0.05, 0) is 135 Å². The predicted octanol–water partition coefficient (Wildman–Crippen LogP) is 20.3. The summed E-state index contributed by atoms with van der Waals surface area (Å²) in [7, 11) is 0. The first-order chi connectivity index (χ1) is 57.6. The van der Waals surface area contributed by atoms with Crippen molar-refractivity contribution in [1.29, 1.82) is 0 Å². The van der Waals surface area contributed by atoms with Crippen LogP contribution in [0.2, 0.25) is 0 Å². The van der Waals surface area contributed by atoms with E-state index in [1.807, 2.05) is 243 Å². The van der Waals surface area contributed by atoms with E-state index in [1.54, 1.807) is 11.8 Å². The number of rotatable bonds is 21. The van der Waals surface area contributed by atoms with E-state index in [1.165, 1.54) is 77.0 Å². The Balaban J connectivity index is -0.00000136. The van der Waals surface area contributed by atoms with Gasteiger partial charge in [0.05, 0.1) is 6.61 Å². The average molecular weight is 1800 g/mol. The van der Waals surface area contributed by atoms with Crippen molar-refractivity contribution in [2.24, 2.45) is 66.5 Å². The normalized spacial score (nSPS) is 16.7. The minimum atomic E-state index is -0.373. The van der Waals surface area contributed by atoms with Crippen LogP contribution in [-0.4, -0.2) is 187 Å². The predicted molar refractivity (Wildman–Crippen MR) is 529 cm³/mol. The monoisotopic (exact) mass is 1800 g/mol. The number of nitrogens with one attached hydrogen (secondary N) is 7. The number of ether oxygens (including phenoxy) is 2. The van der Waals surface area contributed by atoms with Crippen LogP contribution in [0.15, 0.2) is 30.3 Å². The largest absolute Gasteiger partial charge is 0.381 e. The van der Waals surface area contributed by atoms with Crippen molar-refractivity contribution in [2.45, 2.75) is 427 Å². The van der Waals surface area contributed by atoms with Gasteiger partial charge in [-0.15, -0.1) is 0 Å². The maximum absolute atomic E-state index is 12.4. The van der Waals surface area contributed by atoms with Gasteiger partial charge in [0.15, 0.2) is 0 Å². The molecule has 126 heavy (non-hydrogen) atoms. The third kappa shape index (κ3) is 57.4. The summed E-state index contributed by atoms with van der Waals surface area (Å²) < 4.78 is 10.9. The lowest BCUT2D eigenvalue weighted by molar-refractivity contribution is -0.146. The summed E-state index contributed by atoms with van der Waals surface area (Å²) in [6, 6.07) is 12.4. The summed E-state index contributed by atoms with van der Waals surface area (Å²) in [5, 5.41) is 20.6. The Bertz CT molecular complexity index is 3140. The van der Waals surface area contributed by atoms with Crippen molar-refractivity contribution in [2.75, 3.05) is 71.2 Å². The molecule has 1 aromatic carbocycles. The van der Waals surface area contributed by atoms with Crippen molar-refractivity contribution < 1.29 is 57.4 Å². The third-order valence-corrected chi connectivity index (χ3v) is 22.3. The Morgan fingerprint density at radius 3 is 1.21 bits per heavy atom. The highest BCUT2D eigenvalue weighted by Crippen LogP contribution is 2.31. The fraction of sp³-hybridized carbons (Fsp3) is 0.845. The fourth-order valence-electron chi connectivity index (χ4n) is 13.5. The molecule has 3 heterocycles. The van der Waals surface area contributed by atoms with Gasteiger partial charge in [-0.2, -0.15) is 11.8 Å². The Labute approximate surface area is 776 Å². The highest BCUT2D eigenvalue weighted by Gasteiger charge is 2.38. The number of piperidine rings is 1. The van der Waals surface area contributed by atoms with Crippen molar-refractivity contribution in [3.8, 4) is 0 Å². The van der Waals surface area contributed by atoms with Crippen LogP contribution in [0.4, 0.5) is 0 Å². The van der Waals surface area contributed by atoms with Gasteiger partial charge in [0, 0.05) is 168 Å². The van der Waals surface area contributed by atoms with Crippen molar-refractivity contribution in [3.05, 3.63) is 35.9 Å². The molecule has 7 N–H and O–H groups in total. The summed E-state index contributed by atoms with van der Waals surface area (Å²) in [5.41, 5.74) is -1.35. The second kappa shape index (κ2) is 61.0. The molecule has 2 saturated carbocycles. The summed E-state index contributed by atoms with van der Waals surface area (Å²) in [6.07, 6.45) is 23.7. The van der Waals surface area contributed by atoms with Crippen LogP contribution in [0.3, 0.4) is 0 Å². The number of hydrogen-bond donors (Lipinski definition) is 7. The fourth-order valence-corrected chi connectivity index (χ4v) is 14.2. The minimum Gasteiger partial charge on any atom is -0.381 e. The molecule has 3 saturated heterocycles. The number of carbonyl (C=O) groups is 10. The molecule has 5 aliphatic rings. The number of nitrogens with zero attached hydrogens (tertiary/aromatic N) is 3.